The normalized spacial score (nSPS) is 15.5. The molecule has 1 aliphatic heterocycles. The molecule has 0 bridgehead atoms. The molecule has 1 saturated heterocycles. The molecule has 0 N–H and O–H groups in total. The van der Waals surface area contributed by atoms with E-state index in [1.807, 2.05) is 30.3 Å². The monoisotopic (exact) mass is 387 g/mol. The summed E-state index contributed by atoms with van der Waals surface area (Å²) in [6.07, 6.45) is 0.406. The van der Waals surface area contributed by atoms with Gasteiger partial charge in [0.1, 0.15) is 10.6 Å². The Hall–Kier alpha value is -1.96. The van der Waals surface area contributed by atoms with E-state index in [0.717, 1.165) is 57.0 Å². The highest BCUT2D eigenvalue weighted by Crippen LogP contribution is 2.35. The van der Waals surface area contributed by atoms with Crippen LogP contribution in [-0.2, 0) is 6.42 Å². The van der Waals surface area contributed by atoms with Crippen molar-refractivity contribution in [3.8, 4) is 5.75 Å². The van der Waals surface area contributed by atoms with Crippen LogP contribution in [0.1, 0.15) is 15.2 Å². The summed E-state index contributed by atoms with van der Waals surface area (Å²) in [6.45, 7) is 4.17. The van der Waals surface area contributed by atoms with Crippen molar-refractivity contribution in [1.29, 1.82) is 0 Å². The number of carbonyl (C=O) groups excluding carboxylic acids is 1. The van der Waals surface area contributed by atoms with Crippen LogP contribution in [0, 0.1) is 0 Å². The number of likely N-dealkylation sites (N-methyl/N-ethyl adjacent to an activating group) is 1. The number of nitrogens with zero attached hydrogens (tertiary/aromatic N) is 3. The summed E-state index contributed by atoms with van der Waals surface area (Å²) < 4.78 is 6.27. The van der Waals surface area contributed by atoms with Crippen LogP contribution in [-0.4, -0.2) is 56.0 Å². The predicted molar refractivity (Wildman–Crippen MR) is 108 cm³/mol. The number of benzene rings is 1. The van der Waals surface area contributed by atoms with Crippen molar-refractivity contribution < 1.29 is 9.53 Å². The first-order chi connectivity index (χ1) is 12.6. The number of hydrogen-bond donors (Lipinski definition) is 0. The van der Waals surface area contributed by atoms with Crippen molar-refractivity contribution in [3.63, 3.8) is 0 Å². The standard InChI is InChI=1S/C19H21N3O2S2/c1-21-7-9-22(10-8-21)19-20-18-17(26-19)12-16(25-18)15(23)11-13-3-5-14(24-2)6-4-13/h3-6,12H,7-11H2,1-2H3. The van der Waals surface area contributed by atoms with Crippen LogP contribution in [0.2, 0.25) is 0 Å². The van der Waals surface area contributed by atoms with Gasteiger partial charge in [0.15, 0.2) is 10.9 Å². The Morgan fingerprint density at radius 3 is 2.54 bits per heavy atom. The Balaban J connectivity index is 1.46. The van der Waals surface area contributed by atoms with Gasteiger partial charge in [-0.3, -0.25) is 4.79 Å². The van der Waals surface area contributed by atoms with Gasteiger partial charge in [-0.15, -0.1) is 11.3 Å². The van der Waals surface area contributed by atoms with Gasteiger partial charge in [0, 0.05) is 32.6 Å². The predicted octanol–water partition coefficient (Wildman–Crippen LogP) is 3.54. The van der Waals surface area contributed by atoms with Gasteiger partial charge in [0.2, 0.25) is 0 Å². The van der Waals surface area contributed by atoms with Crippen molar-refractivity contribution in [3.05, 3.63) is 40.8 Å². The maximum absolute atomic E-state index is 12.6. The van der Waals surface area contributed by atoms with Crippen molar-refractivity contribution in [2.45, 2.75) is 6.42 Å². The minimum absolute atomic E-state index is 0.145. The number of rotatable bonds is 5. The van der Waals surface area contributed by atoms with Crippen molar-refractivity contribution in [1.82, 2.24) is 9.88 Å². The molecule has 0 aliphatic carbocycles. The highest BCUT2D eigenvalue weighted by Gasteiger charge is 2.20. The van der Waals surface area contributed by atoms with E-state index in [9.17, 15) is 4.79 Å². The minimum Gasteiger partial charge on any atom is -0.497 e. The van der Waals surface area contributed by atoms with Crippen LogP contribution < -0.4 is 9.64 Å². The molecule has 136 valence electrons. The lowest BCUT2D eigenvalue weighted by molar-refractivity contribution is 0.0997. The number of thiophene rings is 1. The summed E-state index contributed by atoms with van der Waals surface area (Å²) in [5.41, 5.74) is 0.999. The van der Waals surface area contributed by atoms with E-state index < -0.39 is 0 Å². The van der Waals surface area contributed by atoms with E-state index in [2.05, 4.69) is 16.8 Å². The summed E-state index contributed by atoms with van der Waals surface area (Å²) in [5, 5.41) is 1.08. The van der Waals surface area contributed by atoms with Crippen molar-refractivity contribution in [2.24, 2.45) is 0 Å². The lowest BCUT2D eigenvalue weighted by Crippen LogP contribution is -2.44. The fourth-order valence-corrected chi connectivity index (χ4v) is 5.21. The number of ether oxygens (including phenoxy) is 1. The molecule has 1 aliphatic rings. The van der Waals surface area contributed by atoms with Crippen molar-refractivity contribution in [2.75, 3.05) is 45.2 Å². The van der Waals surface area contributed by atoms with Crippen LogP contribution >= 0.6 is 22.7 Å². The lowest BCUT2D eigenvalue weighted by Gasteiger charge is -2.31. The van der Waals surface area contributed by atoms with Gasteiger partial charge < -0.3 is 14.5 Å². The number of carbonyl (C=O) groups is 1. The fourth-order valence-electron chi connectivity index (χ4n) is 3.01. The molecule has 0 spiro atoms. The number of aromatic nitrogens is 1. The highest BCUT2D eigenvalue weighted by atomic mass is 32.1. The summed E-state index contributed by atoms with van der Waals surface area (Å²) in [7, 11) is 3.79. The molecule has 0 atom stereocenters. The molecule has 7 heteroatoms. The SMILES string of the molecule is COc1ccc(CC(=O)c2cc3sc(N4CCN(C)CC4)nc3s2)cc1. The van der Waals surface area contributed by atoms with Gasteiger partial charge in [-0.1, -0.05) is 23.5 Å². The number of fused-ring (bicyclic) bond motifs is 1. The van der Waals surface area contributed by atoms with E-state index >= 15 is 0 Å². The zero-order chi connectivity index (χ0) is 18.1. The number of anilines is 1. The molecule has 1 fully saturated rings. The number of piperazine rings is 1. The van der Waals surface area contributed by atoms with Gasteiger partial charge in [-0.2, -0.15) is 0 Å². The molecular formula is C19H21N3O2S2. The number of Topliss-reactive ketones (excluding diaryl/α,β-unsaturated/α-hetero) is 1. The van der Waals surface area contributed by atoms with Crippen molar-refractivity contribution >= 4 is 43.1 Å². The molecule has 2 aromatic heterocycles. The fraction of sp³-hybridized carbons (Fsp3) is 0.368. The first-order valence-corrected chi connectivity index (χ1v) is 10.3. The molecule has 0 radical (unpaired) electrons. The summed E-state index contributed by atoms with van der Waals surface area (Å²) in [4.78, 5) is 23.8. The summed E-state index contributed by atoms with van der Waals surface area (Å²) in [5.74, 6) is 0.949. The van der Waals surface area contributed by atoms with Crippen LogP contribution in [0.4, 0.5) is 5.13 Å². The second kappa shape index (κ2) is 7.34. The number of methoxy groups -OCH3 is 1. The second-order valence-corrected chi connectivity index (χ2v) is 8.55. The Bertz CT molecular complexity index is 877. The molecule has 4 rings (SSSR count). The molecular weight excluding hydrogens is 366 g/mol. The molecule has 1 aromatic carbocycles. The molecule has 0 amide bonds. The third kappa shape index (κ3) is 3.60. The van der Waals surface area contributed by atoms with E-state index in [-0.39, 0.29) is 5.78 Å². The van der Waals surface area contributed by atoms with Gasteiger partial charge >= 0.3 is 0 Å². The zero-order valence-electron chi connectivity index (χ0n) is 14.9. The van der Waals surface area contributed by atoms with E-state index in [1.165, 1.54) is 11.3 Å². The molecule has 3 aromatic rings. The van der Waals surface area contributed by atoms with Gasteiger partial charge in [-0.05, 0) is 30.8 Å². The lowest BCUT2D eigenvalue weighted by atomic mass is 10.1. The maximum atomic E-state index is 12.6. The number of hydrogen-bond acceptors (Lipinski definition) is 7. The molecule has 26 heavy (non-hydrogen) atoms. The highest BCUT2D eigenvalue weighted by molar-refractivity contribution is 7.29. The van der Waals surface area contributed by atoms with Crippen LogP contribution in [0.15, 0.2) is 30.3 Å². The largest absolute Gasteiger partial charge is 0.497 e. The number of ketones is 1. The minimum atomic E-state index is 0.145. The third-order valence-corrected chi connectivity index (χ3v) is 6.91. The quantitative estimate of drug-likeness (QED) is 0.627. The smallest absolute Gasteiger partial charge is 0.187 e. The Kier molecular flexibility index (Phi) is 4.93. The molecule has 0 unspecified atom stereocenters. The third-order valence-electron chi connectivity index (χ3n) is 4.65. The average molecular weight is 388 g/mol. The van der Waals surface area contributed by atoms with E-state index in [0.29, 0.717) is 6.42 Å². The first kappa shape index (κ1) is 17.5. The number of thiazole rings is 1. The van der Waals surface area contributed by atoms with Gasteiger partial charge in [-0.25, -0.2) is 4.98 Å². The first-order valence-electron chi connectivity index (χ1n) is 8.62. The summed E-state index contributed by atoms with van der Waals surface area (Å²) in [6, 6.07) is 9.66. The Morgan fingerprint density at radius 2 is 1.88 bits per heavy atom. The van der Waals surface area contributed by atoms with Crippen LogP contribution in [0.25, 0.3) is 9.53 Å². The Labute approximate surface area is 160 Å². The van der Waals surface area contributed by atoms with Crippen LogP contribution in [0.3, 0.4) is 0 Å². The van der Waals surface area contributed by atoms with E-state index in [1.54, 1.807) is 18.4 Å². The van der Waals surface area contributed by atoms with E-state index in [4.69, 9.17) is 9.72 Å². The molecule has 0 saturated carbocycles. The zero-order valence-corrected chi connectivity index (χ0v) is 16.5. The molecule has 5 nitrogen and oxygen atoms in total. The summed E-state index contributed by atoms with van der Waals surface area (Å²) >= 11 is 3.20. The molecule has 3 heterocycles. The second-order valence-electron chi connectivity index (χ2n) is 6.51. The topological polar surface area (TPSA) is 45.7 Å². The van der Waals surface area contributed by atoms with Gasteiger partial charge in [0.25, 0.3) is 0 Å². The van der Waals surface area contributed by atoms with Gasteiger partial charge in [0.05, 0.1) is 16.7 Å². The average Bonchev–Trinajstić information content (AvgIpc) is 3.22. The van der Waals surface area contributed by atoms with Crippen LogP contribution in [0.5, 0.6) is 5.75 Å². The maximum Gasteiger partial charge on any atom is 0.187 e. The Morgan fingerprint density at radius 1 is 1.15 bits per heavy atom.